The highest BCUT2D eigenvalue weighted by Crippen LogP contribution is 2.11. The minimum Gasteiger partial charge on any atom is -0.399 e. The number of para-hydroxylation sites is 1. The molecule has 96 valence electrons. The quantitative estimate of drug-likeness (QED) is 0.539. The standard InChI is InChI=1S/C6H7NO3S.C6H7N/c7-5-2-1-3-6(4-5)11(8,9)10;7-6-4-2-1-3-5-6/h1-4H,7H2,(H,8,9,10);1-5H,7H2. The highest BCUT2D eigenvalue weighted by atomic mass is 32.2. The number of nitrogens with two attached hydrogens (primary N) is 2. The molecule has 0 heterocycles. The SMILES string of the molecule is Nc1cccc(S(=O)(=O)O)c1.Nc1ccccc1. The first-order valence-electron chi connectivity index (χ1n) is 5.03. The lowest BCUT2D eigenvalue weighted by Crippen LogP contribution is -1.98. The molecule has 0 amide bonds. The average molecular weight is 266 g/mol. The van der Waals surface area contributed by atoms with Crippen LogP contribution in [-0.4, -0.2) is 13.0 Å². The van der Waals surface area contributed by atoms with Crippen molar-refractivity contribution in [2.24, 2.45) is 0 Å². The Morgan fingerprint density at radius 1 is 0.833 bits per heavy atom. The monoisotopic (exact) mass is 266 g/mol. The van der Waals surface area contributed by atoms with Gasteiger partial charge in [-0.2, -0.15) is 8.42 Å². The van der Waals surface area contributed by atoms with E-state index in [2.05, 4.69) is 0 Å². The maximum atomic E-state index is 10.5. The summed E-state index contributed by atoms with van der Waals surface area (Å²) in [4.78, 5) is -0.183. The third-order valence-electron chi connectivity index (χ3n) is 1.96. The molecule has 0 radical (unpaired) electrons. The zero-order valence-corrected chi connectivity index (χ0v) is 10.3. The van der Waals surface area contributed by atoms with Gasteiger partial charge in [0.25, 0.3) is 10.1 Å². The Morgan fingerprint density at radius 3 is 1.72 bits per heavy atom. The molecule has 0 spiro atoms. The van der Waals surface area contributed by atoms with E-state index >= 15 is 0 Å². The van der Waals surface area contributed by atoms with Crippen molar-refractivity contribution in [2.45, 2.75) is 4.90 Å². The van der Waals surface area contributed by atoms with E-state index in [0.717, 1.165) is 5.69 Å². The molecule has 2 aromatic carbocycles. The molecule has 0 aliphatic heterocycles. The molecular weight excluding hydrogens is 252 g/mol. The minimum absolute atomic E-state index is 0.183. The van der Waals surface area contributed by atoms with Crippen LogP contribution in [0.2, 0.25) is 0 Å². The van der Waals surface area contributed by atoms with Crippen LogP contribution in [-0.2, 0) is 10.1 Å². The summed E-state index contributed by atoms with van der Waals surface area (Å²) in [5.41, 5.74) is 11.8. The van der Waals surface area contributed by atoms with Gasteiger partial charge in [-0.3, -0.25) is 4.55 Å². The number of hydrogen-bond donors (Lipinski definition) is 3. The summed E-state index contributed by atoms with van der Waals surface area (Å²) in [7, 11) is -4.11. The summed E-state index contributed by atoms with van der Waals surface area (Å²) in [6.45, 7) is 0. The predicted octanol–water partition coefficient (Wildman–Crippen LogP) is 1.78. The fourth-order valence-electron chi connectivity index (χ4n) is 1.13. The van der Waals surface area contributed by atoms with Gasteiger partial charge >= 0.3 is 0 Å². The van der Waals surface area contributed by atoms with Crippen molar-refractivity contribution >= 4 is 21.5 Å². The van der Waals surface area contributed by atoms with Gasteiger partial charge in [-0.25, -0.2) is 0 Å². The van der Waals surface area contributed by atoms with Gasteiger partial charge in [0, 0.05) is 11.4 Å². The third kappa shape index (κ3) is 4.86. The average Bonchev–Trinajstić information content (AvgIpc) is 2.30. The summed E-state index contributed by atoms with van der Waals surface area (Å²) in [6.07, 6.45) is 0. The van der Waals surface area contributed by atoms with E-state index in [4.69, 9.17) is 16.0 Å². The van der Waals surface area contributed by atoms with Crippen LogP contribution in [0.25, 0.3) is 0 Å². The second-order valence-corrected chi connectivity index (χ2v) is 4.88. The molecule has 0 unspecified atom stereocenters. The van der Waals surface area contributed by atoms with E-state index in [-0.39, 0.29) is 4.90 Å². The van der Waals surface area contributed by atoms with Crippen molar-refractivity contribution in [2.75, 3.05) is 11.5 Å². The summed E-state index contributed by atoms with van der Waals surface area (Å²) >= 11 is 0. The van der Waals surface area contributed by atoms with Gasteiger partial charge in [-0.05, 0) is 30.3 Å². The number of anilines is 2. The highest BCUT2D eigenvalue weighted by Gasteiger charge is 2.07. The van der Waals surface area contributed by atoms with Crippen LogP contribution >= 0.6 is 0 Å². The predicted molar refractivity (Wildman–Crippen MR) is 71.5 cm³/mol. The summed E-state index contributed by atoms with van der Waals surface area (Å²) < 4.78 is 29.5. The van der Waals surface area contributed by atoms with Gasteiger partial charge in [0.1, 0.15) is 0 Å². The van der Waals surface area contributed by atoms with Crippen molar-refractivity contribution in [1.82, 2.24) is 0 Å². The first-order valence-corrected chi connectivity index (χ1v) is 6.47. The lowest BCUT2D eigenvalue weighted by atomic mass is 10.3. The maximum Gasteiger partial charge on any atom is 0.294 e. The largest absolute Gasteiger partial charge is 0.399 e. The van der Waals surface area contributed by atoms with Crippen molar-refractivity contribution < 1.29 is 13.0 Å². The summed E-state index contributed by atoms with van der Waals surface area (Å²) in [5, 5.41) is 0. The molecule has 0 atom stereocenters. The fourth-order valence-corrected chi connectivity index (χ4v) is 1.66. The molecular formula is C12H14N2O3S. The van der Waals surface area contributed by atoms with E-state index in [0.29, 0.717) is 5.69 Å². The Labute approximate surface area is 106 Å². The van der Waals surface area contributed by atoms with E-state index < -0.39 is 10.1 Å². The van der Waals surface area contributed by atoms with Crippen LogP contribution in [0.4, 0.5) is 11.4 Å². The molecule has 6 heteroatoms. The Balaban J connectivity index is 0.000000199. The molecule has 0 aliphatic rings. The summed E-state index contributed by atoms with van der Waals surface area (Å²) in [5.74, 6) is 0. The van der Waals surface area contributed by atoms with Crippen LogP contribution in [0.15, 0.2) is 59.5 Å². The number of benzene rings is 2. The van der Waals surface area contributed by atoms with Crippen LogP contribution in [0.5, 0.6) is 0 Å². The van der Waals surface area contributed by atoms with E-state index in [9.17, 15) is 8.42 Å². The van der Waals surface area contributed by atoms with E-state index in [1.54, 1.807) is 0 Å². The third-order valence-corrected chi connectivity index (χ3v) is 2.81. The van der Waals surface area contributed by atoms with Gasteiger partial charge < -0.3 is 11.5 Å². The highest BCUT2D eigenvalue weighted by molar-refractivity contribution is 7.85. The first-order chi connectivity index (χ1) is 8.39. The molecule has 0 aromatic heterocycles. The molecule has 18 heavy (non-hydrogen) atoms. The summed E-state index contributed by atoms with van der Waals surface area (Å²) in [6, 6.07) is 14.9. The number of nitrogen functional groups attached to an aromatic ring is 2. The van der Waals surface area contributed by atoms with Gasteiger partial charge in [0.2, 0.25) is 0 Å². The van der Waals surface area contributed by atoms with E-state index in [1.807, 2.05) is 30.3 Å². The smallest absolute Gasteiger partial charge is 0.294 e. The molecule has 0 fully saturated rings. The lowest BCUT2D eigenvalue weighted by Gasteiger charge is -1.96. The molecule has 0 aliphatic carbocycles. The molecule has 0 saturated carbocycles. The van der Waals surface area contributed by atoms with Gasteiger partial charge in [0.05, 0.1) is 4.90 Å². The van der Waals surface area contributed by atoms with Gasteiger partial charge in [-0.15, -0.1) is 0 Å². The molecule has 2 rings (SSSR count). The molecule has 2 aromatic rings. The molecule has 0 saturated heterocycles. The number of rotatable bonds is 1. The molecule has 5 N–H and O–H groups in total. The second kappa shape index (κ2) is 6.04. The lowest BCUT2D eigenvalue weighted by molar-refractivity contribution is 0.483. The zero-order valence-electron chi connectivity index (χ0n) is 9.52. The van der Waals surface area contributed by atoms with Gasteiger partial charge in [0.15, 0.2) is 0 Å². The Bertz CT molecular complexity index is 598. The van der Waals surface area contributed by atoms with Crippen molar-refractivity contribution in [1.29, 1.82) is 0 Å². The van der Waals surface area contributed by atoms with Gasteiger partial charge in [-0.1, -0.05) is 24.3 Å². The Hall–Kier alpha value is -2.05. The van der Waals surface area contributed by atoms with E-state index in [1.165, 1.54) is 24.3 Å². The van der Waals surface area contributed by atoms with Crippen molar-refractivity contribution in [3.05, 3.63) is 54.6 Å². The first kappa shape index (κ1) is 14.0. The molecule has 5 nitrogen and oxygen atoms in total. The Morgan fingerprint density at radius 2 is 1.39 bits per heavy atom. The maximum absolute atomic E-state index is 10.5. The zero-order chi connectivity index (χ0) is 13.6. The number of hydrogen-bond acceptors (Lipinski definition) is 4. The van der Waals surface area contributed by atoms with Crippen LogP contribution < -0.4 is 11.5 Å². The van der Waals surface area contributed by atoms with Crippen LogP contribution in [0.3, 0.4) is 0 Å². The Kier molecular flexibility index (Phi) is 4.70. The normalized spacial score (nSPS) is 10.3. The topological polar surface area (TPSA) is 106 Å². The second-order valence-electron chi connectivity index (χ2n) is 3.46. The van der Waals surface area contributed by atoms with Crippen molar-refractivity contribution in [3.8, 4) is 0 Å². The van der Waals surface area contributed by atoms with Crippen LogP contribution in [0, 0.1) is 0 Å². The van der Waals surface area contributed by atoms with Crippen LogP contribution in [0.1, 0.15) is 0 Å². The van der Waals surface area contributed by atoms with Crippen molar-refractivity contribution in [3.63, 3.8) is 0 Å². The molecule has 0 bridgehead atoms. The minimum atomic E-state index is -4.11. The fraction of sp³-hybridized carbons (Fsp3) is 0.